The molecule has 0 unspecified atom stereocenters. The Kier molecular flexibility index (Phi) is 4.36. The third kappa shape index (κ3) is 3.05. The highest BCUT2D eigenvalue weighted by Crippen LogP contribution is 2.35. The number of amides is 1. The van der Waals surface area contributed by atoms with Gasteiger partial charge in [-0.2, -0.15) is 5.10 Å². The van der Waals surface area contributed by atoms with E-state index < -0.39 is 0 Å². The number of anilines is 1. The maximum atomic E-state index is 12.3. The molecule has 1 aliphatic heterocycles. The van der Waals surface area contributed by atoms with Crippen molar-refractivity contribution in [1.29, 1.82) is 0 Å². The van der Waals surface area contributed by atoms with Gasteiger partial charge >= 0.3 is 0 Å². The first-order chi connectivity index (χ1) is 12.5. The van der Waals surface area contributed by atoms with Gasteiger partial charge in [0, 0.05) is 37.3 Å². The summed E-state index contributed by atoms with van der Waals surface area (Å²) in [7, 11) is 1.81. The highest BCUT2D eigenvalue weighted by molar-refractivity contribution is 7.18. The average Bonchev–Trinajstić information content (AvgIpc) is 3.19. The predicted octanol–water partition coefficient (Wildman–Crippen LogP) is 2.44. The lowest BCUT2D eigenvalue weighted by Crippen LogP contribution is -2.45. The fourth-order valence-electron chi connectivity index (χ4n) is 3.45. The van der Waals surface area contributed by atoms with Crippen molar-refractivity contribution >= 4 is 33.3 Å². The first kappa shape index (κ1) is 17.0. The summed E-state index contributed by atoms with van der Waals surface area (Å²) in [5.74, 6) is 0.971. The van der Waals surface area contributed by atoms with Crippen LogP contribution in [0.5, 0.6) is 0 Å². The standard InChI is InChI=1S/C18H22N6OS/c1-11-12(2)26-18-15(11)16(19-10-20-18)24-6-4-14(5-7-24)22-17(25)13-8-21-23(3)9-13/h8-10,14H,4-7H2,1-3H3,(H,22,25). The number of piperidine rings is 1. The fraction of sp³-hybridized carbons (Fsp3) is 0.444. The number of hydrogen-bond acceptors (Lipinski definition) is 6. The summed E-state index contributed by atoms with van der Waals surface area (Å²) in [6.07, 6.45) is 6.80. The first-order valence-electron chi connectivity index (χ1n) is 8.78. The number of aryl methyl sites for hydroxylation is 3. The minimum absolute atomic E-state index is 0.0507. The molecular weight excluding hydrogens is 348 g/mol. The molecule has 1 aliphatic rings. The normalized spacial score (nSPS) is 15.6. The van der Waals surface area contributed by atoms with Crippen LogP contribution in [0.4, 0.5) is 5.82 Å². The molecule has 0 aromatic carbocycles. The van der Waals surface area contributed by atoms with Gasteiger partial charge < -0.3 is 10.2 Å². The van der Waals surface area contributed by atoms with E-state index >= 15 is 0 Å². The van der Waals surface area contributed by atoms with Crippen LogP contribution in [-0.2, 0) is 7.05 Å². The summed E-state index contributed by atoms with van der Waals surface area (Å²) in [5.41, 5.74) is 1.88. The van der Waals surface area contributed by atoms with E-state index in [9.17, 15) is 4.79 Å². The van der Waals surface area contributed by atoms with E-state index in [4.69, 9.17) is 0 Å². The van der Waals surface area contributed by atoms with Crippen molar-refractivity contribution in [3.05, 3.63) is 34.7 Å². The Hall–Kier alpha value is -2.48. The molecule has 0 saturated carbocycles. The molecule has 0 aliphatic carbocycles. The second-order valence-electron chi connectivity index (χ2n) is 6.80. The zero-order valence-electron chi connectivity index (χ0n) is 15.2. The van der Waals surface area contributed by atoms with Crippen LogP contribution in [0.1, 0.15) is 33.6 Å². The van der Waals surface area contributed by atoms with E-state index in [1.54, 1.807) is 34.7 Å². The van der Waals surface area contributed by atoms with Crippen molar-refractivity contribution in [1.82, 2.24) is 25.1 Å². The van der Waals surface area contributed by atoms with Crippen LogP contribution in [0, 0.1) is 13.8 Å². The lowest BCUT2D eigenvalue weighted by molar-refractivity contribution is 0.0931. The van der Waals surface area contributed by atoms with Crippen LogP contribution >= 0.6 is 11.3 Å². The predicted molar refractivity (Wildman–Crippen MR) is 103 cm³/mol. The number of nitrogens with one attached hydrogen (secondary N) is 1. The summed E-state index contributed by atoms with van der Waals surface area (Å²) in [5, 5.41) is 8.35. The number of nitrogens with zero attached hydrogens (tertiary/aromatic N) is 5. The van der Waals surface area contributed by atoms with Crippen molar-refractivity contribution in [2.75, 3.05) is 18.0 Å². The SMILES string of the molecule is Cc1sc2ncnc(N3CCC(NC(=O)c4cnn(C)c4)CC3)c2c1C. The van der Waals surface area contributed by atoms with Crippen LogP contribution in [0.2, 0.25) is 0 Å². The maximum absolute atomic E-state index is 12.3. The number of fused-ring (bicyclic) bond motifs is 1. The van der Waals surface area contributed by atoms with Gasteiger partial charge in [-0.05, 0) is 32.3 Å². The Bertz CT molecular complexity index is 954. The van der Waals surface area contributed by atoms with Crippen LogP contribution in [-0.4, -0.2) is 44.8 Å². The monoisotopic (exact) mass is 370 g/mol. The molecule has 0 spiro atoms. The van der Waals surface area contributed by atoms with E-state index in [1.165, 1.54) is 15.8 Å². The molecule has 136 valence electrons. The summed E-state index contributed by atoms with van der Waals surface area (Å²) < 4.78 is 1.64. The number of carbonyl (C=O) groups excluding carboxylic acids is 1. The van der Waals surface area contributed by atoms with Crippen molar-refractivity contribution in [3.8, 4) is 0 Å². The Morgan fingerprint density at radius 1 is 1.27 bits per heavy atom. The number of thiophene rings is 1. The van der Waals surface area contributed by atoms with Crippen LogP contribution in [0.15, 0.2) is 18.7 Å². The largest absolute Gasteiger partial charge is 0.356 e. The fourth-order valence-corrected chi connectivity index (χ4v) is 4.44. The number of carbonyl (C=O) groups is 1. The highest BCUT2D eigenvalue weighted by Gasteiger charge is 2.24. The van der Waals surface area contributed by atoms with Crippen molar-refractivity contribution in [3.63, 3.8) is 0 Å². The third-order valence-corrected chi connectivity index (χ3v) is 6.16. The van der Waals surface area contributed by atoms with Gasteiger partial charge in [-0.1, -0.05) is 0 Å². The molecule has 1 fully saturated rings. The highest BCUT2D eigenvalue weighted by atomic mass is 32.1. The second-order valence-corrected chi connectivity index (χ2v) is 8.00. The zero-order valence-corrected chi connectivity index (χ0v) is 16.0. The smallest absolute Gasteiger partial charge is 0.254 e. The minimum atomic E-state index is -0.0507. The quantitative estimate of drug-likeness (QED) is 0.766. The third-order valence-electron chi connectivity index (χ3n) is 5.04. The van der Waals surface area contributed by atoms with E-state index in [0.29, 0.717) is 5.56 Å². The van der Waals surface area contributed by atoms with Gasteiger partial charge in [-0.3, -0.25) is 9.48 Å². The van der Waals surface area contributed by atoms with Gasteiger partial charge in [0.1, 0.15) is 17.0 Å². The van der Waals surface area contributed by atoms with Gasteiger partial charge in [-0.25, -0.2) is 9.97 Å². The van der Waals surface area contributed by atoms with Gasteiger partial charge in [0.25, 0.3) is 5.91 Å². The lowest BCUT2D eigenvalue weighted by Gasteiger charge is -2.33. The zero-order chi connectivity index (χ0) is 18.3. The molecule has 3 aromatic rings. The van der Waals surface area contributed by atoms with Crippen molar-refractivity contribution in [2.45, 2.75) is 32.7 Å². The topological polar surface area (TPSA) is 75.9 Å². The van der Waals surface area contributed by atoms with E-state index in [2.05, 4.69) is 39.1 Å². The van der Waals surface area contributed by atoms with Gasteiger partial charge in [-0.15, -0.1) is 11.3 Å². The van der Waals surface area contributed by atoms with Crippen LogP contribution < -0.4 is 10.2 Å². The van der Waals surface area contributed by atoms with Crippen molar-refractivity contribution in [2.24, 2.45) is 7.05 Å². The molecule has 7 nitrogen and oxygen atoms in total. The first-order valence-corrected chi connectivity index (χ1v) is 9.59. The van der Waals surface area contributed by atoms with Gasteiger partial charge in [0.05, 0.1) is 17.1 Å². The molecule has 4 heterocycles. The summed E-state index contributed by atoms with van der Waals surface area (Å²) in [4.78, 5) is 26.0. The summed E-state index contributed by atoms with van der Waals surface area (Å²) in [6.45, 7) is 6.02. The Morgan fingerprint density at radius 3 is 2.73 bits per heavy atom. The molecule has 0 radical (unpaired) electrons. The summed E-state index contributed by atoms with van der Waals surface area (Å²) in [6, 6.07) is 0.182. The molecule has 0 bridgehead atoms. The molecule has 1 saturated heterocycles. The molecule has 8 heteroatoms. The Morgan fingerprint density at radius 2 is 2.04 bits per heavy atom. The molecule has 3 aromatic heterocycles. The molecule has 4 rings (SSSR count). The summed E-state index contributed by atoms with van der Waals surface area (Å²) >= 11 is 1.72. The van der Waals surface area contributed by atoms with Crippen molar-refractivity contribution < 1.29 is 4.79 Å². The van der Waals surface area contributed by atoms with E-state index in [1.807, 2.05) is 7.05 Å². The maximum Gasteiger partial charge on any atom is 0.254 e. The Balaban J connectivity index is 1.45. The van der Waals surface area contributed by atoms with E-state index in [-0.39, 0.29) is 11.9 Å². The number of hydrogen-bond donors (Lipinski definition) is 1. The molecule has 1 amide bonds. The molecular formula is C18H22N6OS. The van der Waals surface area contributed by atoms with Gasteiger partial charge in [0.2, 0.25) is 0 Å². The Labute approximate surface area is 156 Å². The van der Waals surface area contributed by atoms with Gasteiger partial charge in [0.15, 0.2) is 0 Å². The average molecular weight is 370 g/mol. The molecule has 1 N–H and O–H groups in total. The van der Waals surface area contributed by atoms with E-state index in [0.717, 1.165) is 36.6 Å². The number of rotatable bonds is 3. The number of aromatic nitrogens is 4. The molecule has 0 atom stereocenters. The minimum Gasteiger partial charge on any atom is -0.356 e. The molecule has 26 heavy (non-hydrogen) atoms. The van der Waals surface area contributed by atoms with Crippen LogP contribution in [0.25, 0.3) is 10.2 Å². The second kappa shape index (κ2) is 6.68. The lowest BCUT2D eigenvalue weighted by atomic mass is 10.0. The van der Waals surface area contributed by atoms with Crippen LogP contribution in [0.3, 0.4) is 0 Å².